The Bertz CT molecular complexity index is 833. The Morgan fingerprint density at radius 3 is 2.76 bits per heavy atom. The van der Waals surface area contributed by atoms with Crippen molar-refractivity contribution in [2.45, 2.75) is 6.92 Å². The molecule has 1 aromatic heterocycles. The van der Waals surface area contributed by atoms with E-state index < -0.39 is 5.97 Å². The number of thiophene rings is 1. The molecule has 0 aliphatic heterocycles. The van der Waals surface area contributed by atoms with Crippen molar-refractivity contribution < 1.29 is 14.6 Å². The molecule has 0 unspecified atom stereocenters. The molecule has 0 radical (unpaired) electrons. The first kappa shape index (κ1) is 13.6. The van der Waals surface area contributed by atoms with Gasteiger partial charge in [0.2, 0.25) is 0 Å². The fourth-order valence-electron chi connectivity index (χ4n) is 2.51. The smallest absolute Gasteiger partial charge is 0.335 e. The quantitative estimate of drug-likeness (QED) is 0.769. The predicted molar refractivity (Wildman–Crippen MR) is 85.5 cm³/mol. The number of ether oxygens (including phenoxy) is 1. The number of hydrogen-bond donors (Lipinski definition) is 1. The van der Waals surface area contributed by atoms with Crippen LogP contribution in [0.1, 0.15) is 15.9 Å². The maximum absolute atomic E-state index is 11.2. The summed E-state index contributed by atoms with van der Waals surface area (Å²) in [6.45, 7) is 2.03. The van der Waals surface area contributed by atoms with Crippen LogP contribution in [0.15, 0.2) is 41.8 Å². The molecule has 2 aromatic carbocycles. The molecule has 1 N–H and O–H groups in total. The van der Waals surface area contributed by atoms with Gasteiger partial charge in [0.05, 0.1) is 12.7 Å². The summed E-state index contributed by atoms with van der Waals surface area (Å²) in [5.74, 6) is -0.110. The number of hydrogen-bond acceptors (Lipinski definition) is 3. The summed E-state index contributed by atoms with van der Waals surface area (Å²) in [6, 6.07) is 11.1. The first-order valence-corrected chi connectivity index (χ1v) is 7.38. The molecule has 106 valence electrons. The number of aryl methyl sites for hydroxylation is 1. The molecule has 0 atom stereocenters. The SMILES string of the molecule is COc1cccc(C)c1-c1csc2ccc(C(=O)O)cc12. The zero-order chi connectivity index (χ0) is 15.0. The third-order valence-corrected chi connectivity index (χ3v) is 4.51. The van der Waals surface area contributed by atoms with Gasteiger partial charge in [-0.2, -0.15) is 0 Å². The Morgan fingerprint density at radius 2 is 2.05 bits per heavy atom. The van der Waals surface area contributed by atoms with Gasteiger partial charge in [0.15, 0.2) is 0 Å². The Hall–Kier alpha value is -2.33. The molecular weight excluding hydrogens is 284 g/mol. The van der Waals surface area contributed by atoms with Gasteiger partial charge in [0, 0.05) is 21.2 Å². The molecule has 0 fully saturated rings. The van der Waals surface area contributed by atoms with Gasteiger partial charge in [-0.3, -0.25) is 0 Å². The molecule has 1 heterocycles. The molecule has 0 aliphatic rings. The van der Waals surface area contributed by atoms with Crippen LogP contribution in [0.4, 0.5) is 0 Å². The molecule has 3 rings (SSSR count). The van der Waals surface area contributed by atoms with E-state index in [1.165, 1.54) is 0 Å². The van der Waals surface area contributed by atoms with E-state index in [9.17, 15) is 9.90 Å². The van der Waals surface area contributed by atoms with Gasteiger partial charge >= 0.3 is 5.97 Å². The number of methoxy groups -OCH3 is 1. The highest BCUT2D eigenvalue weighted by Crippen LogP contribution is 2.40. The zero-order valence-electron chi connectivity index (χ0n) is 11.7. The summed E-state index contributed by atoms with van der Waals surface area (Å²) in [5.41, 5.74) is 3.45. The Morgan fingerprint density at radius 1 is 1.24 bits per heavy atom. The molecule has 3 nitrogen and oxygen atoms in total. The fraction of sp³-hybridized carbons (Fsp3) is 0.118. The second-order valence-corrected chi connectivity index (χ2v) is 5.73. The Kier molecular flexibility index (Phi) is 3.39. The van der Waals surface area contributed by atoms with E-state index in [1.54, 1.807) is 30.6 Å². The van der Waals surface area contributed by atoms with Crippen molar-refractivity contribution in [2.24, 2.45) is 0 Å². The summed E-state index contributed by atoms with van der Waals surface area (Å²) >= 11 is 1.61. The van der Waals surface area contributed by atoms with Crippen LogP contribution in [0.3, 0.4) is 0 Å². The van der Waals surface area contributed by atoms with Crippen LogP contribution < -0.4 is 4.74 Å². The van der Waals surface area contributed by atoms with E-state index in [0.29, 0.717) is 5.56 Å². The van der Waals surface area contributed by atoms with Crippen molar-refractivity contribution >= 4 is 27.4 Å². The summed E-state index contributed by atoms with van der Waals surface area (Å²) in [7, 11) is 1.65. The summed E-state index contributed by atoms with van der Waals surface area (Å²) in [5, 5.41) is 12.2. The Labute approximate surface area is 126 Å². The van der Waals surface area contributed by atoms with Crippen molar-refractivity contribution in [1.29, 1.82) is 0 Å². The zero-order valence-corrected chi connectivity index (χ0v) is 12.5. The van der Waals surface area contributed by atoms with Crippen molar-refractivity contribution in [2.75, 3.05) is 7.11 Å². The third kappa shape index (κ3) is 2.28. The second-order valence-electron chi connectivity index (χ2n) is 4.82. The van der Waals surface area contributed by atoms with Gasteiger partial charge in [-0.1, -0.05) is 12.1 Å². The van der Waals surface area contributed by atoms with Crippen molar-refractivity contribution in [3.8, 4) is 16.9 Å². The highest BCUT2D eigenvalue weighted by atomic mass is 32.1. The topological polar surface area (TPSA) is 46.5 Å². The lowest BCUT2D eigenvalue weighted by atomic mass is 9.98. The number of aromatic carboxylic acids is 1. The monoisotopic (exact) mass is 298 g/mol. The number of fused-ring (bicyclic) bond motifs is 1. The summed E-state index contributed by atoms with van der Waals surface area (Å²) in [6.07, 6.45) is 0. The highest BCUT2D eigenvalue weighted by molar-refractivity contribution is 7.17. The highest BCUT2D eigenvalue weighted by Gasteiger charge is 2.15. The number of carbonyl (C=O) groups is 1. The molecular formula is C17H14O3S. The molecule has 0 bridgehead atoms. The lowest BCUT2D eigenvalue weighted by Crippen LogP contribution is -1.95. The number of rotatable bonds is 3. The molecule has 0 spiro atoms. The minimum atomic E-state index is -0.911. The van der Waals surface area contributed by atoms with Crippen LogP contribution in [0.2, 0.25) is 0 Å². The van der Waals surface area contributed by atoms with Gasteiger partial charge in [-0.25, -0.2) is 4.79 Å². The fourth-order valence-corrected chi connectivity index (χ4v) is 3.44. The summed E-state index contributed by atoms with van der Waals surface area (Å²) < 4.78 is 6.53. The van der Waals surface area contributed by atoms with Crippen molar-refractivity contribution in [3.05, 3.63) is 52.9 Å². The van der Waals surface area contributed by atoms with Gasteiger partial charge < -0.3 is 9.84 Å². The molecule has 4 heteroatoms. The number of carboxylic acid groups (broad SMARTS) is 1. The van der Waals surface area contributed by atoms with Gasteiger partial charge in [0.1, 0.15) is 5.75 Å². The van der Waals surface area contributed by atoms with Crippen LogP contribution >= 0.6 is 11.3 Å². The standard InChI is InChI=1S/C17H14O3S/c1-10-4-3-5-14(20-2)16(10)13-9-21-15-7-6-11(17(18)19)8-12(13)15/h3-9H,1-2H3,(H,18,19). The predicted octanol–water partition coefficient (Wildman–Crippen LogP) is 4.58. The third-order valence-electron chi connectivity index (χ3n) is 3.54. The van der Waals surface area contributed by atoms with Gasteiger partial charge in [-0.15, -0.1) is 11.3 Å². The molecule has 0 amide bonds. The van der Waals surface area contributed by atoms with E-state index in [1.807, 2.05) is 31.2 Å². The second kappa shape index (κ2) is 5.22. The maximum Gasteiger partial charge on any atom is 0.335 e. The van der Waals surface area contributed by atoms with E-state index in [2.05, 4.69) is 5.38 Å². The van der Waals surface area contributed by atoms with Gasteiger partial charge in [0.25, 0.3) is 0 Å². The average molecular weight is 298 g/mol. The molecule has 0 saturated carbocycles. The van der Waals surface area contributed by atoms with Crippen LogP contribution in [0.5, 0.6) is 5.75 Å². The molecule has 0 aliphatic carbocycles. The summed E-state index contributed by atoms with van der Waals surface area (Å²) in [4.78, 5) is 11.2. The average Bonchev–Trinajstić information content (AvgIpc) is 2.89. The minimum absolute atomic E-state index is 0.301. The van der Waals surface area contributed by atoms with Gasteiger partial charge in [-0.05, 0) is 42.1 Å². The van der Waals surface area contributed by atoms with Crippen molar-refractivity contribution in [3.63, 3.8) is 0 Å². The minimum Gasteiger partial charge on any atom is -0.496 e. The van der Waals surface area contributed by atoms with E-state index in [-0.39, 0.29) is 0 Å². The van der Waals surface area contributed by atoms with E-state index in [4.69, 9.17) is 4.74 Å². The first-order valence-electron chi connectivity index (χ1n) is 6.50. The van der Waals surface area contributed by atoms with Crippen LogP contribution in [-0.2, 0) is 0 Å². The molecule has 0 saturated heterocycles. The number of benzene rings is 2. The normalized spacial score (nSPS) is 10.8. The lowest BCUT2D eigenvalue weighted by Gasteiger charge is -2.11. The Balaban J connectivity index is 2.31. The van der Waals surface area contributed by atoms with Crippen LogP contribution in [0, 0.1) is 6.92 Å². The van der Waals surface area contributed by atoms with Crippen molar-refractivity contribution in [1.82, 2.24) is 0 Å². The first-order chi connectivity index (χ1) is 10.1. The van der Waals surface area contributed by atoms with E-state index in [0.717, 1.165) is 32.5 Å². The van der Waals surface area contributed by atoms with Crippen LogP contribution in [-0.4, -0.2) is 18.2 Å². The number of carboxylic acids is 1. The largest absolute Gasteiger partial charge is 0.496 e. The molecule has 3 aromatic rings. The lowest BCUT2D eigenvalue weighted by molar-refractivity contribution is 0.0697. The van der Waals surface area contributed by atoms with E-state index >= 15 is 0 Å². The molecule has 21 heavy (non-hydrogen) atoms. The van der Waals surface area contributed by atoms with Crippen LogP contribution in [0.25, 0.3) is 21.2 Å². The maximum atomic E-state index is 11.2.